The van der Waals surface area contributed by atoms with Gasteiger partial charge in [-0.25, -0.2) is 0 Å². The molecule has 9 nitrogen and oxygen atoms in total. The number of likely N-dealkylation sites (N-methyl/N-ethyl adjacent to an activating group) is 3. The summed E-state index contributed by atoms with van der Waals surface area (Å²) < 4.78 is 0. The standard InChI is InChI=1S/C34H57N5O4/c1-22(2)26(20-38(10)21-27(40)24-18-15-19-25(24)30(41)36-9)39(11)32(43)29(33(3,4)5)37-31(42)28(35-8)34(6,7)23-16-13-12-14-17-23/h12-14,16-17,22,24-26,28-29,35H,15,18-21H2,1-11H3,(H,36,41)(H,37,42)/t24?,25-,26-,28-,29-/m1/s1. The zero-order valence-corrected chi connectivity index (χ0v) is 28.4. The highest BCUT2D eigenvalue weighted by Crippen LogP contribution is 2.33. The van der Waals surface area contributed by atoms with Gasteiger partial charge < -0.3 is 20.9 Å². The van der Waals surface area contributed by atoms with Crippen LogP contribution in [-0.2, 0) is 24.6 Å². The normalized spacial score (nSPS) is 19.6. The topological polar surface area (TPSA) is 111 Å². The second kappa shape index (κ2) is 15.3. The summed E-state index contributed by atoms with van der Waals surface area (Å²) in [5.41, 5.74) is -0.0442. The first-order valence-corrected chi connectivity index (χ1v) is 15.7. The Morgan fingerprint density at radius 1 is 0.907 bits per heavy atom. The van der Waals surface area contributed by atoms with E-state index < -0.39 is 22.9 Å². The molecule has 1 unspecified atom stereocenters. The number of ketones is 1. The lowest BCUT2D eigenvalue weighted by atomic mass is 9.76. The van der Waals surface area contributed by atoms with Gasteiger partial charge in [-0.15, -0.1) is 0 Å². The molecule has 1 aliphatic carbocycles. The van der Waals surface area contributed by atoms with Crippen LogP contribution in [0.25, 0.3) is 0 Å². The number of carbonyl (C=O) groups excluding carboxylic acids is 4. The van der Waals surface area contributed by atoms with E-state index >= 15 is 0 Å². The fourth-order valence-electron chi connectivity index (χ4n) is 6.49. The molecule has 5 atom stereocenters. The molecule has 3 amide bonds. The fraction of sp³-hybridized carbons (Fsp3) is 0.706. The fourth-order valence-corrected chi connectivity index (χ4v) is 6.49. The van der Waals surface area contributed by atoms with Crippen LogP contribution in [0.3, 0.4) is 0 Å². The lowest BCUT2D eigenvalue weighted by Crippen LogP contribution is -2.62. The molecule has 3 N–H and O–H groups in total. The number of rotatable bonds is 14. The van der Waals surface area contributed by atoms with Crippen molar-refractivity contribution in [2.24, 2.45) is 23.2 Å². The monoisotopic (exact) mass is 599 g/mol. The largest absolute Gasteiger partial charge is 0.359 e. The minimum Gasteiger partial charge on any atom is -0.359 e. The van der Waals surface area contributed by atoms with Crippen LogP contribution in [0, 0.1) is 23.2 Å². The van der Waals surface area contributed by atoms with Gasteiger partial charge in [0.05, 0.1) is 12.6 Å². The molecular weight excluding hydrogens is 542 g/mol. The van der Waals surface area contributed by atoms with Gasteiger partial charge in [0, 0.05) is 43.9 Å². The summed E-state index contributed by atoms with van der Waals surface area (Å²) in [5, 5.41) is 8.99. The molecule has 0 aliphatic heterocycles. The number of Topliss-reactive ketones (excluding diaryl/α,β-unsaturated/α-hetero) is 1. The van der Waals surface area contributed by atoms with Crippen LogP contribution < -0.4 is 16.0 Å². The van der Waals surface area contributed by atoms with Crippen molar-refractivity contribution in [2.75, 3.05) is 41.3 Å². The van der Waals surface area contributed by atoms with Crippen LogP contribution >= 0.6 is 0 Å². The van der Waals surface area contributed by atoms with Crippen molar-refractivity contribution in [2.45, 2.75) is 91.3 Å². The zero-order valence-electron chi connectivity index (χ0n) is 28.4. The molecule has 0 spiro atoms. The number of amides is 3. The first-order valence-electron chi connectivity index (χ1n) is 15.7. The van der Waals surface area contributed by atoms with Crippen LogP contribution in [0.15, 0.2) is 30.3 Å². The summed E-state index contributed by atoms with van der Waals surface area (Å²) in [6.45, 7) is 14.8. The van der Waals surface area contributed by atoms with Gasteiger partial charge in [-0.05, 0) is 43.8 Å². The Bertz CT molecular complexity index is 1100. The number of benzene rings is 1. The third-order valence-electron chi connectivity index (χ3n) is 9.24. The Hall–Kier alpha value is -2.78. The van der Waals surface area contributed by atoms with Gasteiger partial charge in [-0.1, -0.05) is 85.2 Å². The maximum Gasteiger partial charge on any atom is 0.245 e. The number of hydrogen-bond donors (Lipinski definition) is 3. The highest BCUT2D eigenvalue weighted by molar-refractivity contribution is 5.92. The second-order valence-electron chi connectivity index (χ2n) is 14.3. The molecule has 0 heterocycles. The third kappa shape index (κ3) is 9.11. The molecule has 1 saturated carbocycles. The SMILES string of the molecule is CNC(=O)[C@@H]1CCCC1C(=O)CN(C)C[C@H](C(C)C)N(C)C(=O)[C@@H](NC(=O)[C@@H](NC)C(C)(C)c1ccccc1)C(C)(C)C. The highest BCUT2D eigenvalue weighted by Gasteiger charge is 2.42. The average Bonchev–Trinajstić information content (AvgIpc) is 3.44. The summed E-state index contributed by atoms with van der Waals surface area (Å²) in [5.74, 6) is -0.808. The van der Waals surface area contributed by atoms with Crippen molar-refractivity contribution in [3.8, 4) is 0 Å². The molecule has 43 heavy (non-hydrogen) atoms. The Morgan fingerprint density at radius 3 is 2.00 bits per heavy atom. The minimum absolute atomic E-state index is 0.0631. The maximum atomic E-state index is 14.1. The quantitative estimate of drug-likeness (QED) is 0.303. The zero-order chi connectivity index (χ0) is 32.7. The molecule has 242 valence electrons. The van der Waals surface area contributed by atoms with E-state index in [1.165, 1.54) is 0 Å². The summed E-state index contributed by atoms with van der Waals surface area (Å²) in [7, 11) is 7.06. The molecule has 0 aromatic heterocycles. The Balaban J connectivity index is 2.20. The molecule has 1 fully saturated rings. The number of carbonyl (C=O) groups is 4. The van der Waals surface area contributed by atoms with E-state index in [9.17, 15) is 19.2 Å². The number of hydrogen-bond acceptors (Lipinski definition) is 6. The minimum atomic E-state index is -0.757. The summed E-state index contributed by atoms with van der Waals surface area (Å²) in [6.07, 6.45) is 2.35. The van der Waals surface area contributed by atoms with Crippen molar-refractivity contribution in [1.29, 1.82) is 0 Å². The maximum absolute atomic E-state index is 14.1. The van der Waals surface area contributed by atoms with Crippen LogP contribution in [0.4, 0.5) is 0 Å². The molecule has 1 aromatic rings. The number of nitrogens with zero attached hydrogens (tertiary/aromatic N) is 2. The Kier molecular flexibility index (Phi) is 12.9. The Labute approximate surface area is 259 Å². The summed E-state index contributed by atoms with van der Waals surface area (Å²) in [4.78, 5) is 57.1. The van der Waals surface area contributed by atoms with Crippen molar-refractivity contribution in [1.82, 2.24) is 25.8 Å². The summed E-state index contributed by atoms with van der Waals surface area (Å²) >= 11 is 0. The molecule has 0 bridgehead atoms. The third-order valence-corrected chi connectivity index (χ3v) is 9.24. The van der Waals surface area contributed by atoms with Gasteiger partial charge in [-0.2, -0.15) is 0 Å². The van der Waals surface area contributed by atoms with Crippen molar-refractivity contribution in [3.63, 3.8) is 0 Å². The predicted octanol–water partition coefficient (Wildman–Crippen LogP) is 3.23. The molecule has 1 aromatic carbocycles. The van der Waals surface area contributed by atoms with E-state index in [-0.39, 0.29) is 53.8 Å². The molecule has 2 rings (SSSR count). The van der Waals surface area contributed by atoms with Crippen LogP contribution in [-0.4, -0.2) is 92.7 Å². The van der Waals surface area contributed by atoms with E-state index in [2.05, 4.69) is 29.8 Å². The van der Waals surface area contributed by atoms with E-state index in [0.29, 0.717) is 6.54 Å². The van der Waals surface area contributed by atoms with Crippen LogP contribution in [0.1, 0.15) is 73.3 Å². The predicted molar refractivity (Wildman–Crippen MR) is 172 cm³/mol. The van der Waals surface area contributed by atoms with Crippen molar-refractivity contribution < 1.29 is 19.2 Å². The second-order valence-corrected chi connectivity index (χ2v) is 14.3. The average molecular weight is 600 g/mol. The highest BCUT2D eigenvalue weighted by atomic mass is 16.2. The molecule has 0 saturated heterocycles. The first-order chi connectivity index (χ1) is 20.0. The van der Waals surface area contributed by atoms with Gasteiger partial charge in [0.1, 0.15) is 6.04 Å². The first kappa shape index (κ1) is 36.4. The molecular formula is C34H57N5O4. The van der Waals surface area contributed by atoms with Gasteiger partial charge in [0.25, 0.3) is 0 Å². The smallest absolute Gasteiger partial charge is 0.245 e. The van der Waals surface area contributed by atoms with Gasteiger partial charge in [0.2, 0.25) is 17.7 Å². The van der Waals surface area contributed by atoms with Gasteiger partial charge >= 0.3 is 0 Å². The Morgan fingerprint density at radius 2 is 1.49 bits per heavy atom. The van der Waals surface area contributed by atoms with E-state index in [1.54, 1.807) is 26.0 Å². The van der Waals surface area contributed by atoms with Gasteiger partial charge in [0.15, 0.2) is 5.78 Å². The summed E-state index contributed by atoms with van der Waals surface area (Å²) in [6, 6.07) is 8.39. The van der Waals surface area contributed by atoms with E-state index in [0.717, 1.165) is 24.8 Å². The number of nitrogens with one attached hydrogen (secondary N) is 3. The lowest BCUT2D eigenvalue weighted by molar-refractivity contribution is -0.142. The van der Waals surface area contributed by atoms with Crippen molar-refractivity contribution >= 4 is 23.5 Å². The van der Waals surface area contributed by atoms with E-state index in [4.69, 9.17) is 0 Å². The molecule has 0 radical (unpaired) electrons. The van der Waals surface area contributed by atoms with Crippen molar-refractivity contribution in [3.05, 3.63) is 35.9 Å². The van der Waals surface area contributed by atoms with Crippen LogP contribution in [0.5, 0.6) is 0 Å². The lowest BCUT2D eigenvalue weighted by Gasteiger charge is -2.41. The van der Waals surface area contributed by atoms with Crippen LogP contribution in [0.2, 0.25) is 0 Å². The van der Waals surface area contributed by atoms with Gasteiger partial charge in [-0.3, -0.25) is 24.1 Å². The van der Waals surface area contributed by atoms with E-state index in [1.807, 2.05) is 76.9 Å². The molecule has 1 aliphatic rings. The molecule has 9 heteroatoms.